The van der Waals surface area contributed by atoms with E-state index < -0.39 is 5.97 Å². The third-order valence-electron chi connectivity index (χ3n) is 4.47. The molecule has 2 rings (SSSR count). The first-order valence-corrected chi connectivity index (χ1v) is 7.84. The van der Waals surface area contributed by atoms with Crippen molar-refractivity contribution in [2.75, 3.05) is 26.2 Å². The molecular weight excluding hydrogens is 272 g/mol. The molecule has 2 heterocycles. The molecule has 21 heavy (non-hydrogen) atoms. The minimum absolute atomic E-state index is 0.00120. The number of aliphatic carboxylic acids is 1. The van der Waals surface area contributed by atoms with E-state index in [-0.39, 0.29) is 18.4 Å². The van der Waals surface area contributed by atoms with Crippen molar-refractivity contribution in [3.63, 3.8) is 0 Å². The molecule has 0 saturated carbocycles. The number of carboxylic acid groups (broad SMARTS) is 1. The fourth-order valence-corrected chi connectivity index (χ4v) is 3.43. The largest absolute Gasteiger partial charge is 0.481 e. The summed E-state index contributed by atoms with van der Waals surface area (Å²) in [6.07, 6.45) is 3.02. The fraction of sp³-hybridized carbons (Fsp3) is 0.867. The van der Waals surface area contributed by atoms with Crippen LogP contribution in [-0.4, -0.2) is 71.2 Å². The third-order valence-corrected chi connectivity index (χ3v) is 4.47. The topological polar surface area (TPSA) is 70.1 Å². The van der Waals surface area contributed by atoms with Crippen LogP contribution < -0.4 is 0 Å². The van der Waals surface area contributed by atoms with E-state index >= 15 is 0 Å². The molecule has 0 radical (unpaired) electrons. The fourth-order valence-electron chi connectivity index (χ4n) is 3.43. The number of likely N-dealkylation sites (tertiary alicyclic amines) is 1. The maximum Gasteiger partial charge on any atom is 0.306 e. The molecule has 1 N–H and O–H groups in total. The molecule has 0 bridgehead atoms. The Morgan fingerprint density at radius 2 is 1.90 bits per heavy atom. The molecule has 6 heteroatoms. The van der Waals surface area contributed by atoms with Crippen LogP contribution in [0, 0.1) is 0 Å². The Balaban J connectivity index is 1.88. The van der Waals surface area contributed by atoms with Crippen LogP contribution in [0.2, 0.25) is 0 Å². The zero-order valence-electron chi connectivity index (χ0n) is 13.0. The third kappa shape index (κ3) is 4.41. The highest BCUT2D eigenvalue weighted by Crippen LogP contribution is 2.23. The molecule has 0 aromatic rings. The molecule has 2 aliphatic rings. The van der Waals surface area contributed by atoms with Crippen LogP contribution in [0.25, 0.3) is 0 Å². The monoisotopic (exact) mass is 298 g/mol. The molecule has 0 aromatic heterocycles. The molecule has 2 fully saturated rings. The van der Waals surface area contributed by atoms with Gasteiger partial charge in [0.25, 0.3) is 0 Å². The van der Waals surface area contributed by atoms with Gasteiger partial charge in [0.15, 0.2) is 0 Å². The van der Waals surface area contributed by atoms with Gasteiger partial charge in [-0.05, 0) is 33.1 Å². The second-order valence-corrected chi connectivity index (χ2v) is 6.26. The zero-order valence-corrected chi connectivity index (χ0v) is 13.0. The molecule has 0 spiro atoms. The summed E-state index contributed by atoms with van der Waals surface area (Å²) < 4.78 is 5.44. The maximum absolute atomic E-state index is 12.5. The van der Waals surface area contributed by atoms with Crippen LogP contribution in [0.3, 0.4) is 0 Å². The average molecular weight is 298 g/mol. The lowest BCUT2D eigenvalue weighted by atomic mass is 9.97. The van der Waals surface area contributed by atoms with Crippen LogP contribution in [0.15, 0.2) is 0 Å². The lowest BCUT2D eigenvalue weighted by Gasteiger charge is -2.41. The van der Waals surface area contributed by atoms with Gasteiger partial charge in [-0.25, -0.2) is 0 Å². The Morgan fingerprint density at radius 3 is 2.52 bits per heavy atom. The van der Waals surface area contributed by atoms with Crippen molar-refractivity contribution >= 4 is 11.9 Å². The Morgan fingerprint density at radius 1 is 1.24 bits per heavy atom. The smallest absolute Gasteiger partial charge is 0.306 e. The molecule has 3 atom stereocenters. The molecule has 120 valence electrons. The zero-order chi connectivity index (χ0) is 15.4. The summed E-state index contributed by atoms with van der Waals surface area (Å²) in [7, 11) is 0. The first-order chi connectivity index (χ1) is 9.97. The Hall–Kier alpha value is -1.14. The minimum atomic E-state index is -0.855. The predicted molar refractivity (Wildman–Crippen MR) is 78.1 cm³/mol. The standard InChI is InChI=1S/C15H26N2O4/c1-11-4-3-5-12(2)17(11)14(18)10-16-6-7-21-13(9-16)8-15(19)20/h11-13H,3-10H2,1-2H3,(H,19,20). The maximum atomic E-state index is 12.5. The van der Waals surface area contributed by atoms with E-state index in [2.05, 4.69) is 13.8 Å². The number of hydrogen-bond donors (Lipinski definition) is 1. The Bertz CT molecular complexity index is 378. The molecule has 6 nitrogen and oxygen atoms in total. The summed E-state index contributed by atoms with van der Waals surface area (Å²) in [5, 5.41) is 8.83. The second kappa shape index (κ2) is 7.22. The number of carbonyl (C=O) groups excluding carboxylic acids is 1. The number of piperidine rings is 1. The van der Waals surface area contributed by atoms with Crippen molar-refractivity contribution in [1.82, 2.24) is 9.80 Å². The molecule has 0 aromatic carbocycles. The molecule has 0 aliphatic carbocycles. The lowest BCUT2D eigenvalue weighted by molar-refractivity contribution is -0.144. The number of carbonyl (C=O) groups is 2. The summed E-state index contributed by atoms with van der Waals surface area (Å²) in [6.45, 7) is 6.30. The van der Waals surface area contributed by atoms with Crippen molar-refractivity contribution < 1.29 is 19.4 Å². The van der Waals surface area contributed by atoms with Crippen molar-refractivity contribution in [3.05, 3.63) is 0 Å². The van der Waals surface area contributed by atoms with Gasteiger partial charge in [0.2, 0.25) is 5.91 Å². The van der Waals surface area contributed by atoms with Gasteiger partial charge in [-0.15, -0.1) is 0 Å². The van der Waals surface area contributed by atoms with Crippen molar-refractivity contribution in [3.8, 4) is 0 Å². The van der Waals surface area contributed by atoms with Gasteiger partial charge in [-0.3, -0.25) is 14.5 Å². The van der Waals surface area contributed by atoms with Crippen molar-refractivity contribution in [1.29, 1.82) is 0 Å². The normalized spacial score (nSPS) is 31.1. The first-order valence-electron chi connectivity index (χ1n) is 7.84. The molecule has 1 amide bonds. The highest BCUT2D eigenvalue weighted by atomic mass is 16.5. The van der Waals surface area contributed by atoms with E-state index in [9.17, 15) is 9.59 Å². The van der Waals surface area contributed by atoms with Crippen molar-refractivity contribution in [2.24, 2.45) is 0 Å². The van der Waals surface area contributed by atoms with Gasteiger partial charge < -0.3 is 14.7 Å². The summed E-state index contributed by atoms with van der Waals surface area (Å²) >= 11 is 0. The van der Waals surface area contributed by atoms with Gasteiger partial charge >= 0.3 is 5.97 Å². The SMILES string of the molecule is CC1CCCC(C)N1C(=O)CN1CCOC(CC(=O)O)C1. The summed E-state index contributed by atoms with van der Waals surface area (Å²) in [5.41, 5.74) is 0. The van der Waals surface area contributed by atoms with Gasteiger partial charge in [0.1, 0.15) is 0 Å². The van der Waals surface area contributed by atoms with Crippen LogP contribution in [0.5, 0.6) is 0 Å². The average Bonchev–Trinajstić information content (AvgIpc) is 2.37. The van der Waals surface area contributed by atoms with Crippen LogP contribution in [0.4, 0.5) is 0 Å². The van der Waals surface area contributed by atoms with Gasteiger partial charge in [-0.2, -0.15) is 0 Å². The van der Waals surface area contributed by atoms with E-state index in [0.717, 1.165) is 12.8 Å². The van der Waals surface area contributed by atoms with E-state index in [0.29, 0.717) is 38.3 Å². The Kier molecular flexibility index (Phi) is 5.58. The van der Waals surface area contributed by atoms with E-state index in [1.54, 1.807) is 0 Å². The van der Waals surface area contributed by atoms with Crippen LogP contribution in [-0.2, 0) is 14.3 Å². The summed E-state index contributed by atoms with van der Waals surface area (Å²) in [5.74, 6) is -0.697. The summed E-state index contributed by atoms with van der Waals surface area (Å²) in [6, 6.07) is 0.606. The summed E-state index contributed by atoms with van der Waals surface area (Å²) in [4.78, 5) is 27.3. The number of rotatable bonds is 4. The van der Waals surface area contributed by atoms with Gasteiger partial charge in [0, 0.05) is 25.2 Å². The minimum Gasteiger partial charge on any atom is -0.481 e. The number of hydrogen-bond acceptors (Lipinski definition) is 4. The van der Waals surface area contributed by atoms with Gasteiger partial charge in [0.05, 0.1) is 25.7 Å². The first kappa shape index (κ1) is 16.2. The number of amides is 1. The van der Waals surface area contributed by atoms with E-state index in [1.165, 1.54) is 6.42 Å². The molecular formula is C15H26N2O4. The van der Waals surface area contributed by atoms with Gasteiger partial charge in [-0.1, -0.05) is 0 Å². The molecule has 3 unspecified atom stereocenters. The number of ether oxygens (including phenoxy) is 1. The second-order valence-electron chi connectivity index (χ2n) is 6.26. The van der Waals surface area contributed by atoms with E-state index in [1.807, 2.05) is 9.80 Å². The predicted octanol–water partition coefficient (Wildman–Crippen LogP) is 0.951. The highest BCUT2D eigenvalue weighted by Gasteiger charge is 2.31. The number of nitrogens with zero attached hydrogens (tertiary/aromatic N) is 2. The Labute approximate surface area is 126 Å². The quantitative estimate of drug-likeness (QED) is 0.837. The van der Waals surface area contributed by atoms with E-state index in [4.69, 9.17) is 9.84 Å². The van der Waals surface area contributed by atoms with Crippen LogP contribution >= 0.6 is 0 Å². The number of morpholine rings is 1. The molecule has 2 saturated heterocycles. The highest BCUT2D eigenvalue weighted by molar-refractivity contribution is 5.79. The lowest BCUT2D eigenvalue weighted by Crippen LogP contribution is -2.53. The van der Waals surface area contributed by atoms with Crippen molar-refractivity contribution in [2.45, 2.75) is 57.7 Å². The number of carboxylic acids is 1. The molecule has 2 aliphatic heterocycles. The van der Waals surface area contributed by atoms with Crippen LogP contribution in [0.1, 0.15) is 39.5 Å².